The Labute approximate surface area is 81.1 Å². The van der Waals surface area contributed by atoms with Crippen LogP contribution >= 0.6 is 0 Å². The van der Waals surface area contributed by atoms with Gasteiger partial charge in [-0.15, -0.1) is 12.3 Å². The molecule has 2 nitrogen and oxygen atoms in total. The largest absolute Gasteiger partial charge is 0.356 e. The van der Waals surface area contributed by atoms with E-state index in [1.54, 1.807) is 6.92 Å². The van der Waals surface area contributed by atoms with Crippen molar-refractivity contribution in [3.63, 3.8) is 0 Å². The molecule has 0 aromatic rings. The van der Waals surface area contributed by atoms with E-state index in [1.807, 2.05) is 0 Å². The number of unbranched alkanes of at least 4 members (excludes halogenated alkanes) is 2. The van der Waals surface area contributed by atoms with Crippen LogP contribution in [0.15, 0.2) is 0 Å². The maximum atomic E-state index is 10.6. The van der Waals surface area contributed by atoms with E-state index in [-0.39, 0.29) is 5.91 Å². The van der Waals surface area contributed by atoms with E-state index in [4.69, 9.17) is 6.42 Å². The molecule has 13 heavy (non-hydrogen) atoms. The number of carbonyl (C=O) groups excluding carboxylic acids is 1. The van der Waals surface area contributed by atoms with Crippen molar-refractivity contribution in [2.75, 3.05) is 6.54 Å². The van der Waals surface area contributed by atoms with Gasteiger partial charge < -0.3 is 5.32 Å². The van der Waals surface area contributed by atoms with E-state index in [0.717, 1.165) is 32.2 Å². The van der Waals surface area contributed by atoms with Crippen LogP contribution < -0.4 is 5.32 Å². The first-order valence-electron chi connectivity index (χ1n) is 4.84. The van der Waals surface area contributed by atoms with E-state index < -0.39 is 0 Å². The van der Waals surface area contributed by atoms with Gasteiger partial charge in [0, 0.05) is 19.9 Å². The second-order valence-corrected chi connectivity index (χ2v) is 3.49. The first-order chi connectivity index (χ1) is 6.16. The van der Waals surface area contributed by atoms with Crippen molar-refractivity contribution >= 4 is 5.91 Å². The van der Waals surface area contributed by atoms with Crippen molar-refractivity contribution in [1.29, 1.82) is 0 Å². The summed E-state index contributed by atoms with van der Waals surface area (Å²) >= 11 is 0. The number of hydrogen-bond donors (Lipinski definition) is 1. The highest BCUT2D eigenvalue weighted by molar-refractivity contribution is 5.72. The molecule has 0 heterocycles. The smallest absolute Gasteiger partial charge is 0.216 e. The van der Waals surface area contributed by atoms with Crippen molar-refractivity contribution in [3.05, 3.63) is 0 Å². The molecule has 74 valence electrons. The zero-order chi connectivity index (χ0) is 10.1. The standard InChI is InChI=1S/C11H19NO/c1-4-5-6-7-8-10(2)9-12-11(3)13/h1,10H,5-9H2,2-3H3,(H,12,13). The lowest BCUT2D eigenvalue weighted by atomic mass is 10.0. The van der Waals surface area contributed by atoms with Crippen LogP contribution in [0.1, 0.15) is 39.5 Å². The number of amides is 1. The second-order valence-electron chi connectivity index (χ2n) is 3.49. The van der Waals surface area contributed by atoms with Crippen molar-refractivity contribution in [2.24, 2.45) is 5.92 Å². The third kappa shape index (κ3) is 8.94. The fraction of sp³-hybridized carbons (Fsp3) is 0.727. The van der Waals surface area contributed by atoms with Crippen molar-refractivity contribution in [3.8, 4) is 12.3 Å². The molecule has 0 aliphatic heterocycles. The third-order valence-corrected chi connectivity index (χ3v) is 1.97. The number of carbonyl (C=O) groups is 1. The van der Waals surface area contributed by atoms with Gasteiger partial charge in [0.25, 0.3) is 0 Å². The molecule has 1 atom stereocenters. The van der Waals surface area contributed by atoms with Gasteiger partial charge in [-0.05, 0) is 18.8 Å². The summed E-state index contributed by atoms with van der Waals surface area (Å²) in [6.45, 7) is 4.47. The quantitative estimate of drug-likeness (QED) is 0.492. The fourth-order valence-corrected chi connectivity index (χ4v) is 1.14. The van der Waals surface area contributed by atoms with Gasteiger partial charge in [0.2, 0.25) is 5.91 Å². The number of terminal acetylenes is 1. The van der Waals surface area contributed by atoms with Crippen LogP contribution in [0, 0.1) is 18.3 Å². The SMILES string of the molecule is C#CCCCCC(C)CNC(C)=O. The lowest BCUT2D eigenvalue weighted by Gasteiger charge is -2.10. The normalized spacial score (nSPS) is 11.8. The summed E-state index contributed by atoms with van der Waals surface area (Å²) in [4.78, 5) is 10.6. The maximum absolute atomic E-state index is 10.6. The number of nitrogens with one attached hydrogen (secondary N) is 1. The molecule has 0 saturated carbocycles. The van der Waals surface area contributed by atoms with Crippen LogP contribution in [-0.2, 0) is 4.79 Å². The van der Waals surface area contributed by atoms with E-state index in [9.17, 15) is 4.79 Å². The Morgan fingerprint density at radius 3 is 2.77 bits per heavy atom. The van der Waals surface area contributed by atoms with Crippen molar-refractivity contribution in [1.82, 2.24) is 5.32 Å². The monoisotopic (exact) mass is 181 g/mol. The molecule has 1 unspecified atom stereocenters. The zero-order valence-electron chi connectivity index (χ0n) is 8.60. The average Bonchev–Trinajstić information content (AvgIpc) is 2.09. The summed E-state index contributed by atoms with van der Waals surface area (Å²) in [7, 11) is 0. The lowest BCUT2D eigenvalue weighted by molar-refractivity contribution is -0.119. The van der Waals surface area contributed by atoms with Gasteiger partial charge in [-0.3, -0.25) is 4.79 Å². The molecule has 2 heteroatoms. The Hall–Kier alpha value is -0.970. The van der Waals surface area contributed by atoms with Gasteiger partial charge in [0.15, 0.2) is 0 Å². The molecule has 0 radical (unpaired) electrons. The highest BCUT2D eigenvalue weighted by Crippen LogP contribution is 2.07. The fourth-order valence-electron chi connectivity index (χ4n) is 1.14. The van der Waals surface area contributed by atoms with Crippen LogP contribution in [0.3, 0.4) is 0 Å². The Bertz CT molecular complexity index is 181. The molecule has 0 aromatic carbocycles. The first kappa shape index (κ1) is 12.0. The van der Waals surface area contributed by atoms with E-state index >= 15 is 0 Å². The van der Waals surface area contributed by atoms with Gasteiger partial charge >= 0.3 is 0 Å². The molecule has 1 N–H and O–H groups in total. The lowest BCUT2D eigenvalue weighted by Crippen LogP contribution is -2.25. The predicted molar refractivity (Wildman–Crippen MR) is 55.1 cm³/mol. The van der Waals surface area contributed by atoms with Gasteiger partial charge in [0.05, 0.1) is 0 Å². The summed E-state index contributed by atoms with van der Waals surface area (Å²) < 4.78 is 0. The van der Waals surface area contributed by atoms with Crippen LogP contribution in [0.5, 0.6) is 0 Å². The molecule has 0 saturated heterocycles. The Morgan fingerprint density at radius 1 is 1.54 bits per heavy atom. The Balaban J connectivity index is 3.25. The average molecular weight is 181 g/mol. The van der Waals surface area contributed by atoms with E-state index in [1.165, 1.54) is 0 Å². The molecule has 0 rings (SSSR count). The topological polar surface area (TPSA) is 29.1 Å². The van der Waals surface area contributed by atoms with Crippen molar-refractivity contribution in [2.45, 2.75) is 39.5 Å². The van der Waals surface area contributed by atoms with Crippen LogP contribution in [0.25, 0.3) is 0 Å². The summed E-state index contributed by atoms with van der Waals surface area (Å²) in [5.41, 5.74) is 0. The highest BCUT2D eigenvalue weighted by Gasteiger charge is 2.01. The summed E-state index contributed by atoms with van der Waals surface area (Å²) in [5.74, 6) is 3.23. The predicted octanol–water partition coefficient (Wildman–Crippen LogP) is 1.95. The van der Waals surface area contributed by atoms with Crippen LogP contribution in [0.2, 0.25) is 0 Å². The maximum Gasteiger partial charge on any atom is 0.216 e. The Kier molecular flexibility index (Phi) is 7.10. The molecular weight excluding hydrogens is 162 g/mol. The van der Waals surface area contributed by atoms with Crippen molar-refractivity contribution < 1.29 is 4.79 Å². The molecule has 0 bridgehead atoms. The van der Waals surface area contributed by atoms with Gasteiger partial charge in [-0.1, -0.05) is 13.3 Å². The Morgan fingerprint density at radius 2 is 2.23 bits per heavy atom. The molecular formula is C11H19NO. The second kappa shape index (κ2) is 7.67. The van der Waals surface area contributed by atoms with Gasteiger partial charge in [-0.25, -0.2) is 0 Å². The number of rotatable bonds is 6. The highest BCUT2D eigenvalue weighted by atomic mass is 16.1. The third-order valence-electron chi connectivity index (χ3n) is 1.97. The van der Waals surface area contributed by atoms with Gasteiger partial charge in [-0.2, -0.15) is 0 Å². The minimum absolute atomic E-state index is 0.0514. The summed E-state index contributed by atoms with van der Waals surface area (Å²) in [5, 5.41) is 2.81. The van der Waals surface area contributed by atoms with Gasteiger partial charge in [0.1, 0.15) is 0 Å². The summed E-state index contributed by atoms with van der Waals surface area (Å²) in [6, 6.07) is 0. The number of hydrogen-bond acceptors (Lipinski definition) is 1. The molecule has 0 aromatic heterocycles. The molecule has 0 aliphatic rings. The molecule has 1 amide bonds. The molecule has 0 aliphatic carbocycles. The van der Waals surface area contributed by atoms with Crippen LogP contribution in [0.4, 0.5) is 0 Å². The first-order valence-corrected chi connectivity index (χ1v) is 4.84. The van der Waals surface area contributed by atoms with E-state index in [0.29, 0.717) is 5.92 Å². The minimum atomic E-state index is 0.0514. The molecule has 0 spiro atoms. The summed E-state index contributed by atoms with van der Waals surface area (Å²) in [6.07, 6.45) is 9.40. The minimum Gasteiger partial charge on any atom is -0.356 e. The zero-order valence-corrected chi connectivity index (χ0v) is 8.60. The van der Waals surface area contributed by atoms with Crippen LogP contribution in [-0.4, -0.2) is 12.5 Å². The molecule has 0 fully saturated rings. The van der Waals surface area contributed by atoms with E-state index in [2.05, 4.69) is 18.2 Å².